The fraction of sp³-hybridized carbons (Fsp3) is 0.294. The van der Waals surface area contributed by atoms with Gasteiger partial charge in [-0.1, -0.05) is 42.8 Å². The van der Waals surface area contributed by atoms with Crippen molar-refractivity contribution in [3.8, 4) is 0 Å². The van der Waals surface area contributed by atoms with E-state index in [9.17, 15) is 4.39 Å². The summed E-state index contributed by atoms with van der Waals surface area (Å²) < 4.78 is 14.5. The van der Waals surface area contributed by atoms with E-state index in [0.717, 1.165) is 24.9 Å². The summed E-state index contributed by atoms with van der Waals surface area (Å²) in [5, 5.41) is 3.75. The fourth-order valence-corrected chi connectivity index (χ4v) is 3.24. The zero-order valence-electron chi connectivity index (χ0n) is 11.9. The van der Waals surface area contributed by atoms with Crippen LogP contribution in [0.15, 0.2) is 42.5 Å². The van der Waals surface area contributed by atoms with E-state index in [1.165, 1.54) is 15.2 Å². The molecule has 0 heterocycles. The Labute approximate surface area is 144 Å². The Bertz CT molecular complexity index is 603. The molecule has 112 valence electrons. The van der Waals surface area contributed by atoms with Crippen LogP contribution in [-0.4, -0.2) is 6.54 Å². The molecule has 0 fully saturated rings. The van der Waals surface area contributed by atoms with Crippen LogP contribution < -0.4 is 5.32 Å². The van der Waals surface area contributed by atoms with Gasteiger partial charge in [0.15, 0.2) is 0 Å². The minimum Gasteiger partial charge on any atom is -0.310 e. The monoisotopic (exact) mass is 417 g/mol. The highest BCUT2D eigenvalue weighted by molar-refractivity contribution is 14.1. The third kappa shape index (κ3) is 4.66. The van der Waals surface area contributed by atoms with Gasteiger partial charge in [0.05, 0.1) is 5.02 Å². The van der Waals surface area contributed by atoms with Crippen molar-refractivity contribution in [3.05, 3.63) is 68.0 Å². The van der Waals surface area contributed by atoms with Crippen LogP contribution in [0.25, 0.3) is 0 Å². The molecule has 0 saturated heterocycles. The number of hydrogen-bond acceptors (Lipinski definition) is 1. The number of benzene rings is 2. The van der Waals surface area contributed by atoms with Gasteiger partial charge < -0.3 is 5.32 Å². The van der Waals surface area contributed by atoms with E-state index in [2.05, 4.69) is 53.0 Å². The molecule has 0 amide bonds. The van der Waals surface area contributed by atoms with Crippen LogP contribution in [0.4, 0.5) is 4.39 Å². The lowest BCUT2D eigenvalue weighted by atomic mass is 9.98. The van der Waals surface area contributed by atoms with Crippen LogP contribution in [-0.2, 0) is 6.42 Å². The van der Waals surface area contributed by atoms with Crippen molar-refractivity contribution in [2.45, 2.75) is 25.8 Å². The maximum absolute atomic E-state index is 13.3. The van der Waals surface area contributed by atoms with Crippen molar-refractivity contribution in [2.75, 3.05) is 6.54 Å². The van der Waals surface area contributed by atoms with E-state index in [1.807, 2.05) is 6.07 Å². The fourth-order valence-electron chi connectivity index (χ4n) is 2.27. The van der Waals surface area contributed by atoms with Crippen LogP contribution in [0, 0.1) is 9.39 Å². The van der Waals surface area contributed by atoms with Gasteiger partial charge in [0.1, 0.15) is 5.82 Å². The molecule has 0 saturated carbocycles. The molecule has 1 unspecified atom stereocenters. The molecule has 2 rings (SSSR count). The first kappa shape index (κ1) is 16.7. The van der Waals surface area contributed by atoms with Crippen LogP contribution >= 0.6 is 34.2 Å². The molecule has 0 aliphatic carbocycles. The predicted molar refractivity (Wildman–Crippen MR) is 95.3 cm³/mol. The second-order valence-corrected chi connectivity index (χ2v) is 6.55. The smallest absolute Gasteiger partial charge is 0.141 e. The molecular weight excluding hydrogens is 400 g/mol. The molecule has 0 aromatic heterocycles. The highest BCUT2D eigenvalue weighted by Gasteiger charge is 2.15. The second kappa shape index (κ2) is 8.11. The Kier molecular flexibility index (Phi) is 6.45. The molecule has 0 bridgehead atoms. The summed E-state index contributed by atoms with van der Waals surface area (Å²) in [6.45, 7) is 3.10. The zero-order chi connectivity index (χ0) is 15.2. The first-order valence-electron chi connectivity index (χ1n) is 7.03. The molecule has 2 aromatic carbocycles. The molecule has 0 radical (unpaired) electrons. The van der Waals surface area contributed by atoms with Crippen molar-refractivity contribution < 1.29 is 4.39 Å². The van der Waals surface area contributed by atoms with E-state index in [0.29, 0.717) is 0 Å². The van der Waals surface area contributed by atoms with E-state index >= 15 is 0 Å². The van der Waals surface area contributed by atoms with Gasteiger partial charge in [-0.3, -0.25) is 0 Å². The summed E-state index contributed by atoms with van der Waals surface area (Å²) in [6, 6.07) is 13.5. The topological polar surface area (TPSA) is 12.0 Å². The Morgan fingerprint density at radius 3 is 2.67 bits per heavy atom. The average molecular weight is 418 g/mol. The van der Waals surface area contributed by atoms with E-state index in [4.69, 9.17) is 11.6 Å². The highest BCUT2D eigenvalue weighted by Crippen LogP contribution is 2.25. The molecule has 4 heteroatoms. The molecule has 21 heavy (non-hydrogen) atoms. The lowest BCUT2D eigenvalue weighted by molar-refractivity contribution is 0.527. The van der Waals surface area contributed by atoms with E-state index < -0.39 is 0 Å². The largest absolute Gasteiger partial charge is 0.310 e. The molecule has 1 nitrogen and oxygen atoms in total. The SMILES string of the molecule is CCCNC(Cc1ccc(F)c(Cl)c1)c1ccccc1I. The predicted octanol–water partition coefficient (Wildman–Crippen LogP) is 5.37. The van der Waals surface area contributed by atoms with Gasteiger partial charge in [-0.15, -0.1) is 0 Å². The molecule has 0 spiro atoms. The lowest BCUT2D eigenvalue weighted by Crippen LogP contribution is -2.24. The van der Waals surface area contributed by atoms with Gasteiger partial charge in [-0.25, -0.2) is 4.39 Å². The molecule has 1 N–H and O–H groups in total. The van der Waals surface area contributed by atoms with Gasteiger partial charge in [-0.05, 0) is 71.3 Å². The summed E-state index contributed by atoms with van der Waals surface area (Å²) in [4.78, 5) is 0. The van der Waals surface area contributed by atoms with Crippen LogP contribution in [0.2, 0.25) is 5.02 Å². The minimum atomic E-state index is -0.368. The summed E-state index contributed by atoms with van der Waals surface area (Å²) in [5.74, 6) is -0.368. The first-order valence-corrected chi connectivity index (χ1v) is 8.49. The number of nitrogens with one attached hydrogen (secondary N) is 1. The third-order valence-electron chi connectivity index (χ3n) is 3.35. The Morgan fingerprint density at radius 2 is 2.00 bits per heavy atom. The van der Waals surface area contributed by atoms with E-state index in [1.54, 1.807) is 12.1 Å². The summed E-state index contributed by atoms with van der Waals surface area (Å²) in [5.41, 5.74) is 2.31. The molecular formula is C17H18ClFIN. The second-order valence-electron chi connectivity index (χ2n) is 4.98. The Balaban J connectivity index is 2.24. The van der Waals surface area contributed by atoms with Crippen LogP contribution in [0.1, 0.15) is 30.5 Å². The van der Waals surface area contributed by atoms with Gasteiger partial charge in [0.2, 0.25) is 0 Å². The van der Waals surface area contributed by atoms with Crippen molar-refractivity contribution in [3.63, 3.8) is 0 Å². The Hall–Kier alpha value is -0.650. The van der Waals surface area contributed by atoms with Gasteiger partial charge in [-0.2, -0.15) is 0 Å². The van der Waals surface area contributed by atoms with Crippen LogP contribution in [0.5, 0.6) is 0 Å². The number of rotatable bonds is 6. The van der Waals surface area contributed by atoms with Gasteiger partial charge in [0.25, 0.3) is 0 Å². The maximum Gasteiger partial charge on any atom is 0.141 e. The standard InChI is InChI=1S/C17H18ClFIN/c1-2-9-21-17(13-5-3-4-6-16(13)20)11-12-7-8-15(19)14(18)10-12/h3-8,10,17,21H,2,9,11H2,1H3. The maximum atomic E-state index is 13.3. The highest BCUT2D eigenvalue weighted by atomic mass is 127. The van der Waals surface area contributed by atoms with Crippen LogP contribution in [0.3, 0.4) is 0 Å². The van der Waals surface area contributed by atoms with Crippen molar-refractivity contribution in [2.24, 2.45) is 0 Å². The minimum absolute atomic E-state index is 0.185. The number of hydrogen-bond donors (Lipinski definition) is 1. The molecule has 2 aromatic rings. The van der Waals surface area contributed by atoms with Gasteiger partial charge in [0, 0.05) is 9.61 Å². The first-order chi connectivity index (χ1) is 10.1. The summed E-state index contributed by atoms with van der Waals surface area (Å²) >= 11 is 8.24. The lowest BCUT2D eigenvalue weighted by Gasteiger charge is -2.20. The summed E-state index contributed by atoms with van der Waals surface area (Å²) in [6.07, 6.45) is 1.87. The zero-order valence-corrected chi connectivity index (χ0v) is 14.8. The average Bonchev–Trinajstić information content (AvgIpc) is 2.48. The van der Waals surface area contributed by atoms with Crippen molar-refractivity contribution in [1.82, 2.24) is 5.32 Å². The van der Waals surface area contributed by atoms with Crippen molar-refractivity contribution >= 4 is 34.2 Å². The third-order valence-corrected chi connectivity index (χ3v) is 4.62. The molecule has 1 atom stereocenters. The quantitative estimate of drug-likeness (QED) is 0.623. The van der Waals surface area contributed by atoms with E-state index in [-0.39, 0.29) is 16.9 Å². The molecule has 0 aliphatic heterocycles. The normalized spacial score (nSPS) is 12.4. The Morgan fingerprint density at radius 1 is 1.24 bits per heavy atom. The van der Waals surface area contributed by atoms with Gasteiger partial charge >= 0.3 is 0 Å². The van der Waals surface area contributed by atoms with Crippen molar-refractivity contribution in [1.29, 1.82) is 0 Å². The molecule has 0 aliphatic rings. The number of halogens is 3. The summed E-state index contributed by atoms with van der Waals surface area (Å²) in [7, 11) is 0.